The Labute approximate surface area is 195 Å². The first-order chi connectivity index (χ1) is 16.1. The normalized spacial score (nSPS) is 14.0. The van der Waals surface area contributed by atoms with Crippen LogP contribution in [-0.4, -0.2) is 36.4 Å². The Balaban J connectivity index is 1.40. The van der Waals surface area contributed by atoms with Gasteiger partial charge in [0.2, 0.25) is 0 Å². The third kappa shape index (κ3) is 6.01. The van der Waals surface area contributed by atoms with Crippen molar-refractivity contribution in [3.05, 3.63) is 95.6 Å². The Bertz CT molecular complexity index is 1090. The van der Waals surface area contributed by atoms with Crippen molar-refractivity contribution in [1.82, 2.24) is 4.90 Å². The maximum Gasteiger partial charge on any atom is 0.259 e. The van der Waals surface area contributed by atoms with E-state index in [1.807, 2.05) is 35.2 Å². The molecule has 33 heavy (non-hydrogen) atoms. The van der Waals surface area contributed by atoms with Crippen molar-refractivity contribution in [2.75, 3.05) is 25.0 Å². The first-order valence-electron chi connectivity index (χ1n) is 11.6. The molecule has 0 unspecified atom stereocenters. The largest absolute Gasteiger partial charge is 0.492 e. The number of hydrogen-bond acceptors (Lipinski definition) is 3. The Hall–Kier alpha value is -3.60. The minimum atomic E-state index is -0.262. The number of carbonyl (C=O) groups excluding carboxylic acids is 2. The van der Waals surface area contributed by atoms with Crippen LogP contribution in [0.25, 0.3) is 0 Å². The predicted octanol–water partition coefficient (Wildman–Crippen LogP) is 5.43. The molecule has 0 saturated carbocycles. The molecule has 1 saturated heterocycles. The smallest absolute Gasteiger partial charge is 0.259 e. The van der Waals surface area contributed by atoms with E-state index in [1.54, 1.807) is 36.4 Å². The average Bonchev–Trinajstić information content (AvgIpc) is 2.85. The molecule has 2 amide bonds. The van der Waals surface area contributed by atoms with Crippen molar-refractivity contribution in [2.24, 2.45) is 5.92 Å². The lowest BCUT2D eigenvalue weighted by Gasteiger charge is -2.30. The fraction of sp³-hybridized carbons (Fsp3) is 0.286. The summed E-state index contributed by atoms with van der Waals surface area (Å²) in [6.07, 6.45) is 2.82. The van der Waals surface area contributed by atoms with Gasteiger partial charge >= 0.3 is 0 Å². The number of rotatable bonds is 7. The molecular formula is C28H30N2O3. The van der Waals surface area contributed by atoms with Crippen LogP contribution in [0.5, 0.6) is 5.75 Å². The van der Waals surface area contributed by atoms with E-state index in [2.05, 4.69) is 24.4 Å². The second-order valence-electron chi connectivity index (χ2n) is 8.59. The molecule has 4 rings (SSSR count). The number of nitrogens with one attached hydrogen (secondary N) is 1. The van der Waals surface area contributed by atoms with Crippen molar-refractivity contribution in [3.8, 4) is 5.75 Å². The lowest BCUT2D eigenvalue weighted by atomic mass is 9.98. The van der Waals surface area contributed by atoms with Crippen molar-refractivity contribution >= 4 is 17.5 Å². The molecule has 0 aromatic heterocycles. The van der Waals surface area contributed by atoms with Gasteiger partial charge in [0.15, 0.2) is 0 Å². The molecule has 0 atom stereocenters. The van der Waals surface area contributed by atoms with Gasteiger partial charge in [-0.15, -0.1) is 0 Å². The highest BCUT2D eigenvalue weighted by molar-refractivity contribution is 6.06. The number of ether oxygens (including phenoxy) is 1. The summed E-state index contributed by atoms with van der Waals surface area (Å²) in [4.78, 5) is 27.8. The van der Waals surface area contributed by atoms with Crippen LogP contribution < -0.4 is 10.1 Å². The number of benzene rings is 3. The van der Waals surface area contributed by atoms with Gasteiger partial charge in [0.05, 0.1) is 12.2 Å². The summed E-state index contributed by atoms with van der Waals surface area (Å²) in [5, 5.41) is 2.92. The van der Waals surface area contributed by atoms with Crippen molar-refractivity contribution < 1.29 is 14.3 Å². The van der Waals surface area contributed by atoms with E-state index in [-0.39, 0.29) is 11.8 Å². The summed E-state index contributed by atoms with van der Waals surface area (Å²) in [7, 11) is 0. The first-order valence-corrected chi connectivity index (χ1v) is 11.6. The van der Waals surface area contributed by atoms with E-state index in [0.717, 1.165) is 32.4 Å². The minimum Gasteiger partial charge on any atom is -0.492 e. The standard InChI is InChI=1S/C28H30N2O3/c1-21-14-17-30(18-15-21)28(32)23-10-7-11-24(20-23)29-27(31)25-12-5-6-13-26(25)33-19-16-22-8-3-2-4-9-22/h2-13,20-21H,14-19H2,1H3,(H,29,31). The van der Waals surface area contributed by atoms with Gasteiger partial charge < -0.3 is 15.0 Å². The topological polar surface area (TPSA) is 58.6 Å². The zero-order valence-electron chi connectivity index (χ0n) is 19.0. The number of nitrogens with zero attached hydrogens (tertiary/aromatic N) is 1. The van der Waals surface area contributed by atoms with Crippen LogP contribution in [0.1, 0.15) is 46.0 Å². The van der Waals surface area contributed by atoms with Gasteiger partial charge in [-0.05, 0) is 54.7 Å². The SMILES string of the molecule is CC1CCN(C(=O)c2cccc(NC(=O)c3ccccc3OCCc3ccccc3)c2)CC1. The van der Waals surface area contributed by atoms with Gasteiger partial charge in [0.25, 0.3) is 11.8 Å². The molecule has 0 spiro atoms. The van der Waals surface area contributed by atoms with Gasteiger partial charge in [-0.3, -0.25) is 9.59 Å². The molecule has 0 bridgehead atoms. The second kappa shape index (κ2) is 10.8. The zero-order valence-corrected chi connectivity index (χ0v) is 19.0. The minimum absolute atomic E-state index is 0.0163. The van der Waals surface area contributed by atoms with Crippen LogP contribution in [0.2, 0.25) is 0 Å². The molecule has 1 N–H and O–H groups in total. The molecular weight excluding hydrogens is 412 g/mol. The number of carbonyl (C=O) groups is 2. The maximum atomic E-state index is 13.0. The Morgan fingerprint density at radius 1 is 0.939 bits per heavy atom. The van der Waals surface area contributed by atoms with Gasteiger partial charge in [0, 0.05) is 30.8 Å². The van der Waals surface area contributed by atoms with E-state index in [1.165, 1.54) is 5.56 Å². The Morgan fingerprint density at radius 2 is 1.67 bits per heavy atom. The van der Waals surface area contributed by atoms with E-state index in [0.29, 0.717) is 35.1 Å². The molecule has 3 aromatic carbocycles. The molecule has 3 aromatic rings. The average molecular weight is 443 g/mol. The third-order valence-electron chi connectivity index (χ3n) is 6.06. The first kappa shape index (κ1) is 22.6. The number of hydrogen-bond donors (Lipinski definition) is 1. The lowest BCUT2D eigenvalue weighted by molar-refractivity contribution is 0.0697. The molecule has 1 aliphatic heterocycles. The molecule has 170 valence electrons. The molecule has 1 fully saturated rings. The van der Waals surface area contributed by atoms with E-state index in [4.69, 9.17) is 4.74 Å². The number of amides is 2. The number of para-hydroxylation sites is 1. The molecule has 0 aliphatic carbocycles. The Kier molecular flexibility index (Phi) is 7.40. The van der Waals surface area contributed by atoms with E-state index < -0.39 is 0 Å². The van der Waals surface area contributed by atoms with Gasteiger partial charge in [-0.1, -0.05) is 55.5 Å². The molecule has 0 radical (unpaired) electrons. The van der Waals surface area contributed by atoms with Gasteiger partial charge in [-0.25, -0.2) is 0 Å². The van der Waals surface area contributed by atoms with Crippen molar-refractivity contribution in [1.29, 1.82) is 0 Å². The number of piperidine rings is 1. The van der Waals surface area contributed by atoms with E-state index >= 15 is 0 Å². The molecule has 5 heteroatoms. The van der Waals surface area contributed by atoms with Crippen LogP contribution in [0.15, 0.2) is 78.9 Å². The monoisotopic (exact) mass is 442 g/mol. The fourth-order valence-electron chi connectivity index (χ4n) is 4.03. The molecule has 1 aliphatic rings. The second-order valence-corrected chi connectivity index (χ2v) is 8.59. The van der Waals surface area contributed by atoms with Crippen LogP contribution >= 0.6 is 0 Å². The predicted molar refractivity (Wildman–Crippen MR) is 131 cm³/mol. The highest BCUT2D eigenvalue weighted by Gasteiger charge is 2.22. The highest BCUT2D eigenvalue weighted by atomic mass is 16.5. The summed E-state index contributed by atoms with van der Waals surface area (Å²) in [5.74, 6) is 0.958. The Morgan fingerprint density at radius 3 is 2.45 bits per heavy atom. The lowest BCUT2D eigenvalue weighted by Crippen LogP contribution is -2.37. The van der Waals surface area contributed by atoms with Crippen LogP contribution in [0, 0.1) is 5.92 Å². The summed E-state index contributed by atoms with van der Waals surface area (Å²) in [6, 6.07) is 24.5. The summed E-state index contributed by atoms with van der Waals surface area (Å²) >= 11 is 0. The van der Waals surface area contributed by atoms with Crippen molar-refractivity contribution in [2.45, 2.75) is 26.2 Å². The fourth-order valence-corrected chi connectivity index (χ4v) is 4.03. The van der Waals surface area contributed by atoms with Gasteiger partial charge in [0.1, 0.15) is 5.75 Å². The number of anilines is 1. The van der Waals surface area contributed by atoms with Crippen LogP contribution in [0.3, 0.4) is 0 Å². The van der Waals surface area contributed by atoms with Crippen LogP contribution in [0.4, 0.5) is 5.69 Å². The molecule has 5 nitrogen and oxygen atoms in total. The highest BCUT2D eigenvalue weighted by Crippen LogP contribution is 2.22. The molecule has 1 heterocycles. The van der Waals surface area contributed by atoms with Crippen molar-refractivity contribution in [3.63, 3.8) is 0 Å². The zero-order chi connectivity index (χ0) is 23.0. The summed E-state index contributed by atoms with van der Waals surface area (Å²) < 4.78 is 5.93. The van der Waals surface area contributed by atoms with E-state index in [9.17, 15) is 9.59 Å². The summed E-state index contributed by atoms with van der Waals surface area (Å²) in [6.45, 7) is 4.27. The maximum absolute atomic E-state index is 13.0. The van der Waals surface area contributed by atoms with Gasteiger partial charge in [-0.2, -0.15) is 0 Å². The number of likely N-dealkylation sites (tertiary alicyclic amines) is 1. The quantitative estimate of drug-likeness (QED) is 0.531. The third-order valence-corrected chi connectivity index (χ3v) is 6.06. The summed E-state index contributed by atoms with van der Waals surface area (Å²) in [5.41, 5.74) is 2.83. The van der Waals surface area contributed by atoms with Crippen LogP contribution in [-0.2, 0) is 6.42 Å².